The van der Waals surface area contributed by atoms with Crippen molar-refractivity contribution >= 4 is 15.7 Å². The van der Waals surface area contributed by atoms with Gasteiger partial charge in [-0.3, -0.25) is 0 Å². The van der Waals surface area contributed by atoms with E-state index >= 15 is 0 Å². The van der Waals surface area contributed by atoms with Crippen molar-refractivity contribution < 1.29 is 13.2 Å². The molecule has 1 aliphatic heterocycles. The number of benzene rings is 1. The lowest BCUT2D eigenvalue weighted by molar-refractivity contribution is 0.280. The number of allylic oxidation sites excluding steroid dienone is 1. The van der Waals surface area contributed by atoms with Gasteiger partial charge in [0.1, 0.15) is 10.6 Å². The van der Waals surface area contributed by atoms with E-state index < -0.39 is 10.0 Å². The van der Waals surface area contributed by atoms with E-state index in [0.29, 0.717) is 18.0 Å². The van der Waals surface area contributed by atoms with Gasteiger partial charge in [0.2, 0.25) is 10.0 Å². The lowest BCUT2D eigenvalue weighted by atomic mass is 10.0. The van der Waals surface area contributed by atoms with Gasteiger partial charge in [-0.25, -0.2) is 13.1 Å². The van der Waals surface area contributed by atoms with Crippen molar-refractivity contribution in [2.24, 2.45) is 0 Å². The minimum atomic E-state index is -3.61. The Kier molecular flexibility index (Phi) is 3.91. The molecule has 0 bridgehead atoms. The average Bonchev–Trinajstić information content (AvgIpc) is 2.47. The number of ether oxygens (including phenoxy) is 1. The van der Waals surface area contributed by atoms with Gasteiger partial charge >= 0.3 is 0 Å². The molecule has 1 unspecified atom stereocenters. The largest absolute Gasteiger partial charge is 0.492 e. The number of fused-ring (bicyclic) bond motifs is 1. The number of nitrogen functional groups attached to an aromatic ring is 1. The van der Waals surface area contributed by atoms with E-state index in [4.69, 9.17) is 10.5 Å². The van der Waals surface area contributed by atoms with Crippen molar-refractivity contribution in [3.05, 3.63) is 29.8 Å². The van der Waals surface area contributed by atoms with Crippen LogP contribution in [0.2, 0.25) is 0 Å². The third kappa shape index (κ3) is 3.06. The number of hydrogen-bond acceptors (Lipinski definition) is 4. The van der Waals surface area contributed by atoms with E-state index in [1.807, 2.05) is 6.08 Å². The first-order valence-electron chi connectivity index (χ1n) is 7.29. The molecular weight excluding hydrogens is 288 g/mol. The highest BCUT2D eigenvalue weighted by Crippen LogP contribution is 2.34. The number of aryl methyl sites for hydroxylation is 1. The molecule has 0 spiro atoms. The van der Waals surface area contributed by atoms with E-state index in [1.165, 1.54) is 6.07 Å². The minimum Gasteiger partial charge on any atom is -0.492 e. The van der Waals surface area contributed by atoms with Crippen LogP contribution < -0.4 is 15.2 Å². The molecule has 2 aliphatic rings. The zero-order valence-electron chi connectivity index (χ0n) is 11.8. The van der Waals surface area contributed by atoms with Crippen LogP contribution in [0.3, 0.4) is 0 Å². The first-order chi connectivity index (χ1) is 10.1. The normalized spacial score (nSPS) is 21.6. The summed E-state index contributed by atoms with van der Waals surface area (Å²) in [6.45, 7) is 0.547. The fourth-order valence-electron chi connectivity index (χ4n) is 2.85. The number of nitrogens with two attached hydrogens (primary N) is 1. The van der Waals surface area contributed by atoms with Crippen LogP contribution in [-0.2, 0) is 16.4 Å². The van der Waals surface area contributed by atoms with Crippen LogP contribution in [-0.4, -0.2) is 21.1 Å². The molecule has 1 aromatic rings. The first kappa shape index (κ1) is 14.4. The fourth-order valence-corrected chi connectivity index (χ4v) is 4.36. The number of rotatable bonds is 3. The zero-order valence-corrected chi connectivity index (χ0v) is 12.7. The molecule has 0 aromatic heterocycles. The predicted molar refractivity (Wildman–Crippen MR) is 81.8 cm³/mol. The van der Waals surface area contributed by atoms with Crippen LogP contribution >= 0.6 is 0 Å². The van der Waals surface area contributed by atoms with Gasteiger partial charge in [-0.1, -0.05) is 12.2 Å². The Morgan fingerprint density at radius 2 is 2.14 bits per heavy atom. The van der Waals surface area contributed by atoms with Crippen LogP contribution in [0.25, 0.3) is 0 Å². The van der Waals surface area contributed by atoms with E-state index in [-0.39, 0.29) is 10.9 Å². The Bertz CT molecular complexity index is 668. The summed E-state index contributed by atoms with van der Waals surface area (Å²) in [5.74, 6) is 0.467. The number of nitrogens with one attached hydrogen (secondary N) is 1. The molecule has 6 heteroatoms. The highest BCUT2D eigenvalue weighted by atomic mass is 32.2. The third-order valence-electron chi connectivity index (χ3n) is 3.87. The maximum atomic E-state index is 12.7. The van der Waals surface area contributed by atoms with Crippen LogP contribution in [0.4, 0.5) is 5.69 Å². The molecule has 3 rings (SSSR count). The van der Waals surface area contributed by atoms with Crippen molar-refractivity contribution in [2.45, 2.75) is 43.0 Å². The summed E-state index contributed by atoms with van der Waals surface area (Å²) in [7, 11) is -3.61. The number of hydrogen-bond donors (Lipinski definition) is 2. The lowest BCUT2D eigenvalue weighted by Gasteiger charge is -2.23. The second-order valence-electron chi connectivity index (χ2n) is 5.56. The van der Waals surface area contributed by atoms with Crippen LogP contribution in [0, 0.1) is 0 Å². The summed E-state index contributed by atoms with van der Waals surface area (Å²) in [5, 5.41) is 0. The van der Waals surface area contributed by atoms with Gasteiger partial charge in [0.15, 0.2) is 0 Å². The smallest absolute Gasteiger partial charge is 0.244 e. The summed E-state index contributed by atoms with van der Waals surface area (Å²) in [6.07, 6.45) is 8.23. The molecule has 1 atom stereocenters. The number of anilines is 1. The SMILES string of the molecule is Nc1cc2c(c(S(=O)(=O)NC3CC=CCC3)c1)OCCC2. The first-order valence-corrected chi connectivity index (χ1v) is 8.77. The lowest BCUT2D eigenvalue weighted by Crippen LogP contribution is -2.35. The van der Waals surface area contributed by atoms with Crippen molar-refractivity contribution in [2.75, 3.05) is 12.3 Å². The third-order valence-corrected chi connectivity index (χ3v) is 5.40. The van der Waals surface area contributed by atoms with Gasteiger partial charge in [0.25, 0.3) is 0 Å². The molecule has 0 amide bonds. The Labute approximate surface area is 125 Å². The second kappa shape index (κ2) is 5.69. The standard InChI is InChI=1S/C15H20N2O3S/c16-12-9-11-5-4-8-20-15(11)14(10-12)21(18,19)17-13-6-2-1-3-7-13/h1-2,9-10,13,17H,3-8,16H2. The molecule has 1 aromatic carbocycles. The van der Waals surface area contributed by atoms with Crippen LogP contribution in [0.5, 0.6) is 5.75 Å². The quantitative estimate of drug-likeness (QED) is 0.661. The average molecular weight is 308 g/mol. The maximum absolute atomic E-state index is 12.7. The van der Waals surface area contributed by atoms with E-state index in [2.05, 4.69) is 10.8 Å². The zero-order chi connectivity index (χ0) is 14.9. The molecule has 21 heavy (non-hydrogen) atoms. The Morgan fingerprint density at radius 3 is 2.90 bits per heavy atom. The summed E-state index contributed by atoms with van der Waals surface area (Å²) in [5.41, 5.74) is 7.19. The molecule has 5 nitrogen and oxygen atoms in total. The Balaban J connectivity index is 1.94. The monoisotopic (exact) mass is 308 g/mol. The Hall–Kier alpha value is -1.53. The highest BCUT2D eigenvalue weighted by Gasteiger charge is 2.27. The maximum Gasteiger partial charge on any atom is 0.244 e. The van der Waals surface area contributed by atoms with Gasteiger partial charge in [-0.2, -0.15) is 0 Å². The van der Waals surface area contributed by atoms with Gasteiger partial charge in [-0.15, -0.1) is 0 Å². The second-order valence-corrected chi connectivity index (χ2v) is 7.24. The van der Waals surface area contributed by atoms with Crippen LogP contribution in [0.1, 0.15) is 31.2 Å². The summed E-state index contributed by atoms with van der Waals surface area (Å²) in [6, 6.07) is 3.24. The fraction of sp³-hybridized carbons (Fsp3) is 0.467. The molecule has 3 N–H and O–H groups in total. The van der Waals surface area contributed by atoms with Crippen LogP contribution in [0.15, 0.2) is 29.2 Å². The van der Waals surface area contributed by atoms with Gasteiger partial charge < -0.3 is 10.5 Å². The molecule has 0 saturated carbocycles. The van der Waals surface area contributed by atoms with Gasteiger partial charge in [0.05, 0.1) is 6.61 Å². The van der Waals surface area contributed by atoms with Gasteiger partial charge in [-0.05, 0) is 49.8 Å². The molecule has 1 heterocycles. The van der Waals surface area contributed by atoms with Crippen molar-refractivity contribution in [1.29, 1.82) is 0 Å². The summed E-state index contributed by atoms with van der Waals surface area (Å²) in [4.78, 5) is 0.173. The molecule has 114 valence electrons. The van der Waals surface area contributed by atoms with Crippen molar-refractivity contribution in [1.82, 2.24) is 4.72 Å². The molecule has 0 radical (unpaired) electrons. The molecule has 0 fully saturated rings. The topological polar surface area (TPSA) is 81.4 Å². The van der Waals surface area contributed by atoms with E-state index in [0.717, 1.165) is 37.7 Å². The molecule has 0 saturated heterocycles. The summed E-state index contributed by atoms with van der Waals surface area (Å²) < 4.78 is 33.7. The van der Waals surface area contributed by atoms with Gasteiger partial charge in [0, 0.05) is 11.7 Å². The van der Waals surface area contributed by atoms with E-state index in [9.17, 15) is 8.42 Å². The Morgan fingerprint density at radius 1 is 1.29 bits per heavy atom. The predicted octanol–water partition coefficient (Wildman–Crippen LogP) is 1.98. The minimum absolute atomic E-state index is 0.0549. The molecule has 1 aliphatic carbocycles. The summed E-state index contributed by atoms with van der Waals surface area (Å²) >= 11 is 0. The number of sulfonamides is 1. The highest BCUT2D eigenvalue weighted by molar-refractivity contribution is 7.89. The molecular formula is C15H20N2O3S. The van der Waals surface area contributed by atoms with Crippen molar-refractivity contribution in [3.8, 4) is 5.75 Å². The van der Waals surface area contributed by atoms with Crippen molar-refractivity contribution in [3.63, 3.8) is 0 Å². The van der Waals surface area contributed by atoms with E-state index in [1.54, 1.807) is 6.07 Å².